The Morgan fingerprint density at radius 1 is 1.42 bits per heavy atom. The van der Waals surface area contributed by atoms with Gasteiger partial charge >= 0.3 is 6.18 Å². The molecule has 0 unspecified atom stereocenters. The molecule has 19 heavy (non-hydrogen) atoms. The molecule has 0 saturated carbocycles. The molecule has 3 nitrogen and oxygen atoms in total. The van der Waals surface area contributed by atoms with E-state index in [0.717, 1.165) is 12.1 Å². The van der Waals surface area contributed by atoms with Crippen LogP contribution in [0.3, 0.4) is 0 Å². The molecule has 0 radical (unpaired) electrons. The highest BCUT2D eigenvalue weighted by Crippen LogP contribution is 2.32. The number of benzene rings is 1. The third-order valence-electron chi connectivity index (χ3n) is 2.60. The maximum atomic E-state index is 12.5. The van der Waals surface area contributed by atoms with Gasteiger partial charge in [-0.3, -0.25) is 4.79 Å². The summed E-state index contributed by atoms with van der Waals surface area (Å²) in [4.78, 5) is 11.5. The number of nitrogens with one attached hydrogen (secondary N) is 1. The van der Waals surface area contributed by atoms with Crippen LogP contribution >= 0.6 is 12.4 Å². The lowest BCUT2D eigenvalue weighted by atomic mass is 10.1. The number of carbonyl (C=O) groups excluding carboxylic acids is 1. The summed E-state index contributed by atoms with van der Waals surface area (Å²) in [6.07, 6.45) is -4.01. The molecule has 0 aliphatic rings. The van der Waals surface area contributed by atoms with E-state index in [1.54, 1.807) is 13.8 Å². The van der Waals surface area contributed by atoms with Crippen molar-refractivity contribution in [3.8, 4) is 0 Å². The van der Waals surface area contributed by atoms with Crippen molar-refractivity contribution in [2.24, 2.45) is 5.73 Å². The van der Waals surface area contributed by atoms with Crippen LogP contribution < -0.4 is 11.1 Å². The summed E-state index contributed by atoms with van der Waals surface area (Å²) in [5.74, 6) is -0.486. The van der Waals surface area contributed by atoms with Crippen LogP contribution in [0, 0.1) is 6.92 Å². The fraction of sp³-hybridized carbons (Fsp3) is 0.417. The van der Waals surface area contributed by atoms with E-state index < -0.39 is 23.7 Å². The van der Waals surface area contributed by atoms with Gasteiger partial charge in [-0.1, -0.05) is 13.0 Å². The van der Waals surface area contributed by atoms with Gasteiger partial charge in [0.05, 0.1) is 11.6 Å². The zero-order chi connectivity index (χ0) is 13.9. The summed E-state index contributed by atoms with van der Waals surface area (Å²) in [5.41, 5.74) is 5.40. The zero-order valence-corrected chi connectivity index (χ0v) is 11.4. The third-order valence-corrected chi connectivity index (χ3v) is 2.60. The van der Waals surface area contributed by atoms with E-state index in [9.17, 15) is 18.0 Å². The van der Waals surface area contributed by atoms with Crippen molar-refractivity contribution in [1.29, 1.82) is 0 Å². The van der Waals surface area contributed by atoms with Gasteiger partial charge in [-0.2, -0.15) is 13.2 Å². The van der Waals surface area contributed by atoms with Crippen LogP contribution in [0.15, 0.2) is 18.2 Å². The maximum Gasteiger partial charge on any atom is 0.416 e. The first-order chi connectivity index (χ1) is 8.25. The molecular formula is C12H16ClF3N2O. The Balaban J connectivity index is 0.00000324. The maximum absolute atomic E-state index is 12.5. The minimum atomic E-state index is -4.43. The fourth-order valence-corrected chi connectivity index (χ4v) is 1.34. The van der Waals surface area contributed by atoms with E-state index in [-0.39, 0.29) is 18.1 Å². The Hall–Kier alpha value is -1.27. The standard InChI is InChI=1S/C12H15F3N2O.ClH/c1-3-9(16)11(18)17-10-6-8(12(13,14)15)5-4-7(10)2;/h4-6,9H,3,16H2,1-2H3,(H,17,18);1H/t9-;/m0./s1. The van der Waals surface area contributed by atoms with E-state index in [1.807, 2.05) is 0 Å². The monoisotopic (exact) mass is 296 g/mol. The molecule has 0 saturated heterocycles. The quantitative estimate of drug-likeness (QED) is 0.900. The molecule has 1 amide bonds. The van der Waals surface area contributed by atoms with Gasteiger partial charge in [-0.15, -0.1) is 12.4 Å². The van der Waals surface area contributed by atoms with Gasteiger partial charge < -0.3 is 11.1 Å². The van der Waals surface area contributed by atoms with Gasteiger partial charge in [0, 0.05) is 5.69 Å². The molecule has 1 atom stereocenters. The number of alkyl halides is 3. The first-order valence-corrected chi connectivity index (χ1v) is 5.50. The molecule has 0 aromatic heterocycles. The first-order valence-electron chi connectivity index (χ1n) is 5.50. The summed E-state index contributed by atoms with van der Waals surface area (Å²) in [7, 11) is 0. The molecule has 1 aromatic carbocycles. The molecule has 1 aromatic rings. The Kier molecular flexibility index (Phi) is 6.32. The molecule has 1 rings (SSSR count). The third kappa shape index (κ3) is 4.72. The molecule has 3 N–H and O–H groups in total. The SMILES string of the molecule is CC[C@H](N)C(=O)Nc1cc(C(F)(F)F)ccc1C.Cl. The highest BCUT2D eigenvalue weighted by molar-refractivity contribution is 5.95. The van der Waals surface area contributed by atoms with Crippen molar-refractivity contribution in [3.63, 3.8) is 0 Å². The lowest BCUT2D eigenvalue weighted by molar-refractivity contribution is -0.137. The summed E-state index contributed by atoms with van der Waals surface area (Å²) >= 11 is 0. The number of carbonyl (C=O) groups is 1. The second-order valence-corrected chi connectivity index (χ2v) is 4.03. The van der Waals surface area contributed by atoms with Crippen molar-refractivity contribution >= 4 is 24.0 Å². The average molecular weight is 297 g/mol. The number of anilines is 1. The van der Waals surface area contributed by atoms with Crippen LogP contribution in [-0.4, -0.2) is 11.9 Å². The summed E-state index contributed by atoms with van der Waals surface area (Å²) < 4.78 is 37.6. The largest absolute Gasteiger partial charge is 0.416 e. The van der Waals surface area contributed by atoms with Gasteiger partial charge in [-0.05, 0) is 31.0 Å². The minimum Gasteiger partial charge on any atom is -0.324 e. The van der Waals surface area contributed by atoms with E-state index in [0.29, 0.717) is 12.0 Å². The normalized spacial score (nSPS) is 12.5. The van der Waals surface area contributed by atoms with E-state index >= 15 is 0 Å². The summed E-state index contributed by atoms with van der Waals surface area (Å²) in [5, 5.41) is 2.41. The molecule has 0 bridgehead atoms. The van der Waals surface area contributed by atoms with Crippen LogP contribution in [0.4, 0.5) is 18.9 Å². The fourth-order valence-electron chi connectivity index (χ4n) is 1.34. The lowest BCUT2D eigenvalue weighted by Crippen LogP contribution is -2.35. The number of rotatable bonds is 3. The zero-order valence-electron chi connectivity index (χ0n) is 10.5. The van der Waals surface area contributed by atoms with Crippen LogP contribution in [0.2, 0.25) is 0 Å². The second-order valence-electron chi connectivity index (χ2n) is 4.03. The molecule has 0 spiro atoms. The predicted octanol–water partition coefficient (Wildman–Crippen LogP) is 3.11. The van der Waals surface area contributed by atoms with Gasteiger partial charge in [-0.25, -0.2) is 0 Å². The minimum absolute atomic E-state index is 0. The summed E-state index contributed by atoms with van der Waals surface area (Å²) in [6.45, 7) is 3.34. The average Bonchev–Trinajstić information content (AvgIpc) is 2.29. The van der Waals surface area contributed by atoms with Crippen molar-refractivity contribution in [2.45, 2.75) is 32.5 Å². The Labute approximate surface area is 115 Å². The number of nitrogens with two attached hydrogens (primary N) is 1. The first kappa shape index (κ1) is 17.7. The number of hydrogen-bond donors (Lipinski definition) is 2. The molecule has 0 aliphatic heterocycles. The van der Waals surface area contributed by atoms with Gasteiger partial charge in [0.1, 0.15) is 0 Å². The topological polar surface area (TPSA) is 55.1 Å². The molecule has 0 fully saturated rings. The van der Waals surface area contributed by atoms with Gasteiger partial charge in [0.25, 0.3) is 0 Å². The Morgan fingerprint density at radius 3 is 2.47 bits per heavy atom. The predicted molar refractivity (Wildman–Crippen MR) is 70.3 cm³/mol. The van der Waals surface area contributed by atoms with Crippen molar-refractivity contribution in [1.82, 2.24) is 0 Å². The lowest BCUT2D eigenvalue weighted by Gasteiger charge is -2.14. The second kappa shape index (κ2) is 6.77. The van der Waals surface area contributed by atoms with Crippen molar-refractivity contribution in [2.75, 3.05) is 5.32 Å². The van der Waals surface area contributed by atoms with Crippen molar-refractivity contribution < 1.29 is 18.0 Å². The Bertz CT molecular complexity index is 449. The molecule has 0 aliphatic carbocycles. The Morgan fingerprint density at radius 2 is 2.00 bits per heavy atom. The van der Waals surface area contributed by atoms with Crippen LogP contribution in [0.1, 0.15) is 24.5 Å². The smallest absolute Gasteiger partial charge is 0.324 e. The molecule has 108 valence electrons. The molecule has 7 heteroatoms. The molecular weight excluding hydrogens is 281 g/mol. The number of hydrogen-bond acceptors (Lipinski definition) is 2. The number of halogens is 4. The number of amides is 1. The molecule has 0 heterocycles. The summed E-state index contributed by atoms with van der Waals surface area (Å²) in [6, 6.07) is 2.48. The van der Waals surface area contributed by atoms with Gasteiger partial charge in [0.15, 0.2) is 0 Å². The highest BCUT2D eigenvalue weighted by Gasteiger charge is 2.31. The van der Waals surface area contributed by atoms with Crippen LogP contribution in [-0.2, 0) is 11.0 Å². The highest BCUT2D eigenvalue weighted by atomic mass is 35.5. The number of aryl methyl sites for hydroxylation is 1. The van der Waals surface area contributed by atoms with Crippen LogP contribution in [0.25, 0.3) is 0 Å². The van der Waals surface area contributed by atoms with E-state index in [1.165, 1.54) is 6.07 Å². The van der Waals surface area contributed by atoms with E-state index in [4.69, 9.17) is 5.73 Å². The van der Waals surface area contributed by atoms with Crippen LogP contribution in [0.5, 0.6) is 0 Å². The van der Waals surface area contributed by atoms with Crippen molar-refractivity contribution in [3.05, 3.63) is 29.3 Å². The van der Waals surface area contributed by atoms with E-state index in [2.05, 4.69) is 5.32 Å². The van der Waals surface area contributed by atoms with Gasteiger partial charge in [0.2, 0.25) is 5.91 Å².